The smallest absolute Gasteiger partial charge is 0.225 e. The van der Waals surface area contributed by atoms with Crippen LogP contribution in [0.25, 0.3) is 0 Å². The summed E-state index contributed by atoms with van der Waals surface area (Å²) in [6, 6.07) is 9.93. The van der Waals surface area contributed by atoms with E-state index in [1.165, 1.54) is 0 Å². The second kappa shape index (κ2) is 7.29. The molecule has 1 aromatic rings. The SMILES string of the molecule is CN(C)[C@]1(c2ccccc2)CCN(C(=O)C2CCS(=O)(=O)CC2)C[C@H]1O. The van der Waals surface area contributed by atoms with Crippen molar-refractivity contribution in [1.82, 2.24) is 9.80 Å². The molecule has 0 spiro atoms. The number of hydrogen-bond acceptors (Lipinski definition) is 5. The van der Waals surface area contributed by atoms with Gasteiger partial charge in [0, 0.05) is 19.0 Å². The van der Waals surface area contributed by atoms with E-state index in [9.17, 15) is 18.3 Å². The van der Waals surface area contributed by atoms with Crippen molar-refractivity contribution >= 4 is 15.7 Å². The average molecular weight is 381 g/mol. The van der Waals surface area contributed by atoms with Crippen LogP contribution < -0.4 is 0 Å². The Morgan fingerprint density at radius 3 is 2.35 bits per heavy atom. The number of β-amino-alcohol motifs (C(OH)–C–C–N with tert-alkyl or cyclic N) is 1. The zero-order valence-electron chi connectivity index (χ0n) is 15.5. The fourth-order valence-corrected chi connectivity index (χ4v) is 5.85. The molecule has 0 bridgehead atoms. The van der Waals surface area contributed by atoms with Gasteiger partial charge in [-0.05, 0) is 38.9 Å². The number of nitrogens with zero attached hydrogens (tertiary/aromatic N) is 2. The van der Waals surface area contributed by atoms with Crippen molar-refractivity contribution < 1.29 is 18.3 Å². The molecule has 1 N–H and O–H groups in total. The molecule has 6 nitrogen and oxygen atoms in total. The van der Waals surface area contributed by atoms with Crippen LogP contribution in [0.4, 0.5) is 0 Å². The molecule has 3 rings (SSSR count). The highest BCUT2D eigenvalue weighted by Gasteiger charge is 2.47. The summed E-state index contributed by atoms with van der Waals surface area (Å²) >= 11 is 0. The number of amides is 1. The molecule has 7 heteroatoms. The van der Waals surface area contributed by atoms with Gasteiger partial charge in [-0.2, -0.15) is 0 Å². The predicted molar refractivity (Wildman–Crippen MR) is 100 cm³/mol. The van der Waals surface area contributed by atoms with Crippen LogP contribution in [-0.4, -0.2) is 74.0 Å². The third-order valence-corrected chi connectivity index (χ3v) is 7.71. The topological polar surface area (TPSA) is 77.9 Å². The maximum Gasteiger partial charge on any atom is 0.225 e. The normalized spacial score (nSPS) is 29.7. The standard InChI is InChI=1S/C19H28N2O4S/c1-20(2)19(16-6-4-3-5-7-16)10-11-21(14-17(19)22)18(23)15-8-12-26(24,25)13-9-15/h3-7,15,17,22H,8-14H2,1-2H3/t17-,19+/m1/s1. The van der Waals surface area contributed by atoms with Gasteiger partial charge in [0.2, 0.25) is 5.91 Å². The zero-order chi connectivity index (χ0) is 18.9. The van der Waals surface area contributed by atoms with Crippen LogP contribution >= 0.6 is 0 Å². The maximum absolute atomic E-state index is 12.8. The average Bonchev–Trinajstić information content (AvgIpc) is 2.61. The number of likely N-dealkylation sites (tertiary alicyclic amines) is 1. The molecule has 0 aromatic heterocycles. The van der Waals surface area contributed by atoms with Crippen molar-refractivity contribution in [3.05, 3.63) is 35.9 Å². The van der Waals surface area contributed by atoms with Gasteiger partial charge >= 0.3 is 0 Å². The molecule has 1 amide bonds. The summed E-state index contributed by atoms with van der Waals surface area (Å²) in [6.45, 7) is 0.835. The van der Waals surface area contributed by atoms with Crippen LogP contribution in [0.2, 0.25) is 0 Å². The van der Waals surface area contributed by atoms with Gasteiger partial charge < -0.3 is 10.0 Å². The Morgan fingerprint density at radius 2 is 1.81 bits per heavy atom. The lowest BCUT2D eigenvalue weighted by Crippen LogP contribution is -2.61. The number of aliphatic hydroxyl groups excluding tert-OH is 1. The summed E-state index contributed by atoms with van der Waals surface area (Å²) in [7, 11) is 0.933. The van der Waals surface area contributed by atoms with Crippen molar-refractivity contribution in [2.75, 3.05) is 38.7 Å². The molecule has 2 aliphatic rings. The minimum atomic E-state index is -2.98. The third-order valence-electron chi connectivity index (χ3n) is 5.99. The molecular formula is C19H28N2O4S. The first-order valence-corrected chi connectivity index (χ1v) is 11.0. The fraction of sp³-hybridized carbons (Fsp3) is 0.632. The van der Waals surface area contributed by atoms with Gasteiger partial charge in [-0.3, -0.25) is 9.69 Å². The highest BCUT2D eigenvalue weighted by molar-refractivity contribution is 7.91. The van der Waals surface area contributed by atoms with E-state index in [0.29, 0.717) is 25.8 Å². The number of rotatable bonds is 3. The first-order chi connectivity index (χ1) is 12.3. The van der Waals surface area contributed by atoms with Crippen LogP contribution in [-0.2, 0) is 20.2 Å². The van der Waals surface area contributed by atoms with Crippen molar-refractivity contribution in [2.24, 2.45) is 5.92 Å². The molecular weight excluding hydrogens is 352 g/mol. The van der Waals surface area contributed by atoms with E-state index in [4.69, 9.17) is 0 Å². The zero-order valence-corrected chi connectivity index (χ0v) is 16.3. The highest BCUT2D eigenvalue weighted by Crippen LogP contribution is 2.38. The summed E-state index contributed by atoms with van der Waals surface area (Å²) < 4.78 is 23.2. The van der Waals surface area contributed by atoms with E-state index in [1.807, 2.05) is 49.3 Å². The van der Waals surface area contributed by atoms with Crippen LogP contribution in [0.15, 0.2) is 30.3 Å². The highest BCUT2D eigenvalue weighted by atomic mass is 32.2. The number of aliphatic hydroxyl groups is 1. The van der Waals surface area contributed by atoms with Gasteiger partial charge in [0.1, 0.15) is 9.84 Å². The van der Waals surface area contributed by atoms with Gasteiger partial charge in [-0.25, -0.2) is 8.42 Å². The molecule has 26 heavy (non-hydrogen) atoms. The van der Waals surface area contributed by atoms with Crippen LogP contribution in [0.1, 0.15) is 24.8 Å². The van der Waals surface area contributed by atoms with E-state index in [2.05, 4.69) is 0 Å². The molecule has 0 saturated carbocycles. The lowest BCUT2D eigenvalue weighted by Gasteiger charge is -2.50. The predicted octanol–water partition coefficient (Wildman–Crippen LogP) is 0.861. The van der Waals surface area contributed by atoms with Gasteiger partial charge in [0.05, 0.1) is 23.1 Å². The van der Waals surface area contributed by atoms with Crippen molar-refractivity contribution in [3.63, 3.8) is 0 Å². The minimum absolute atomic E-state index is 0.0145. The van der Waals surface area contributed by atoms with Gasteiger partial charge in [0.25, 0.3) is 0 Å². The maximum atomic E-state index is 12.8. The molecule has 0 radical (unpaired) electrons. The largest absolute Gasteiger partial charge is 0.389 e. The monoisotopic (exact) mass is 380 g/mol. The molecule has 0 aliphatic carbocycles. The lowest BCUT2D eigenvalue weighted by atomic mass is 9.77. The molecule has 144 valence electrons. The van der Waals surface area contributed by atoms with Crippen LogP contribution in [0, 0.1) is 5.92 Å². The number of hydrogen-bond donors (Lipinski definition) is 1. The van der Waals surface area contributed by atoms with E-state index in [-0.39, 0.29) is 29.9 Å². The third kappa shape index (κ3) is 3.52. The molecule has 2 heterocycles. The molecule has 2 fully saturated rings. The molecule has 2 atom stereocenters. The Hall–Kier alpha value is -1.44. The number of carbonyl (C=O) groups excluding carboxylic acids is 1. The summed E-state index contributed by atoms with van der Waals surface area (Å²) in [5.41, 5.74) is 0.530. The summed E-state index contributed by atoms with van der Waals surface area (Å²) in [4.78, 5) is 16.6. The summed E-state index contributed by atoms with van der Waals surface area (Å²) in [5, 5.41) is 11.0. The van der Waals surface area contributed by atoms with Gasteiger partial charge in [-0.15, -0.1) is 0 Å². The fourth-order valence-electron chi connectivity index (χ4n) is 4.36. The van der Waals surface area contributed by atoms with Gasteiger partial charge in [0.15, 0.2) is 0 Å². The molecule has 2 saturated heterocycles. The van der Waals surface area contributed by atoms with Gasteiger partial charge in [-0.1, -0.05) is 30.3 Å². The quantitative estimate of drug-likeness (QED) is 0.842. The van der Waals surface area contributed by atoms with E-state index < -0.39 is 21.5 Å². The first-order valence-electron chi connectivity index (χ1n) is 9.16. The second-order valence-electron chi connectivity index (χ2n) is 7.66. The van der Waals surface area contributed by atoms with Crippen LogP contribution in [0.5, 0.6) is 0 Å². The van der Waals surface area contributed by atoms with E-state index >= 15 is 0 Å². The Morgan fingerprint density at radius 1 is 1.19 bits per heavy atom. The first kappa shape index (κ1) is 19.3. The van der Waals surface area contributed by atoms with Crippen LogP contribution in [0.3, 0.4) is 0 Å². The Balaban J connectivity index is 1.74. The lowest BCUT2D eigenvalue weighted by molar-refractivity contribution is -0.145. The Bertz CT molecular complexity index is 736. The van der Waals surface area contributed by atoms with Crippen molar-refractivity contribution in [2.45, 2.75) is 30.9 Å². The van der Waals surface area contributed by atoms with Crippen molar-refractivity contribution in [3.8, 4) is 0 Å². The number of likely N-dealkylation sites (N-methyl/N-ethyl adjacent to an activating group) is 1. The van der Waals surface area contributed by atoms with E-state index in [1.54, 1.807) is 4.90 Å². The number of piperidine rings is 1. The summed E-state index contributed by atoms with van der Waals surface area (Å²) in [5.74, 6) is -0.0784. The molecule has 0 unspecified atom stereocenters. The minimum Gasteiger partial charge on any atom is -0.389 e. The molecule has 2 aliphatic heterocycles. The Kier molecular flexibility index (Phi) is 5.42. The molecule has 1 aromatic carbocycles. The summed E-state index contributed by atoms with van der Waals surface area (Å²) in [6.07, 6.45) is 0.725. The van der Waals surface area contributed by atoms with Crippen molar-refractivity contribution in [1.29, 1.82) is 0 Å². The number of sulfone groups is 1. The second-order valence-corrected chi connectivity index (χ2v) is 9.96. The number of benzene rings is 1. The van der Waals surface area contributed by atoms with E-state index in [0.717, 1.165) is 5.56 Å². The number of carbonyl (C=O) groups is 1. The Labute approximate surface area is 155 Å².